The van der Waals surface area contributed by atoms with E-state index in [1.807, 2.05) is 0 Å². The number of aliphatic hydroxyl groups excluding tert-OH is 1. The van der Waals surface area contributed by atoms with Crippen LogP contribution >= 0.6 is 0 Å². The quantitative estimate of drug-likeness (QED) is 0.773. The summed E-state index contributed by atoms with van der Waals surface area (Å²) in [4.78, 5) is 11.8. The maximum atomic E-state index is 12.8. The molecule has 0 aliphatic rings. The molecule has 3 N–H and O–H groups in total. The zero-order valence-electron chi connectivity index (χ0n) is 10.7. The Morgan fingerprint density at radius 1 is 1.45 bits per heavy atom. The van der Waals surface area contributed by atoms with E-state index < -0.39 is 12.0 Å². The third-order valence-electron chi connectivity index (χ3n) is 2.56. The van der Waals surface area contributed by atoms with Gasteiger partial charge in [0.1, 0.15) is 5.82 Å². The Morgan fingerprint density at radius 3 is 2.70 bits per heavy atom. The third-order valence-corrected chi connectivity index (χ3v) is 2.56. The number of rotatable bonds is 4. The summed E-state index contributed by atoms with van der Waals surface area (Å²) in [6.45, 7) is 1.58. The van der Waals surface area contributed by atoms with Crippen molar-refractivity contribution < 1.29 is 19.4 Å². The van der Waals surface area contributed by atoms with Gasteiger partial charge in [0.25, 0.3) is 5.91 Å². The van der Waals surface area contributed by atoms with Gasteiger partial charge >= 0.3 is 0 Å². The Kier molecular flexibility index (Phi) is 3.99. The van der Waals surface area contributed by atoms with Crippen LogP contribution in [0.25, 0.3) is 5.69 Å². The Bertz CT molecular complexity index is 608. The van der Waals surface area contributed by atoms with Gasteiger partial charge in [-0.2, -0.15) is 5.10 Å². The molecule has 0 aliphatic carbocycles. The lowest BCUT2D eigenvalue weighted by atomic mass is 10.3. The SMILES string of the molecule is CC(O)CNC(=O)c1nn(-c2ccc(F)cc2)cc1O. The van der Waals surface area contributed by atoms with Gasteiger partial charge in [-0.1, -0.05) is 0 Å². The van der Waals surface area contributed by atoms with E-state index in [-0.39, 0.29) is 23.8 Å². The first-order chi connectivity index (χ1) is 9.47. The van der Waals surface area contributed by atoms with Gasteiger partial charge in [-0.05, 0) is 31.2 Å². The Morgan fingerprint density at radius 2 is 2.10 bits per heavy atom. The molecule has 1 unspecified atom stereocenters. The molecule has 2 aromatic rings. The van der Waals surface area contributed by atoms with E-state index in [0.29, 0.717) is 5.69 Å². The molecule has 6 nitrogen and oxygen atoms in total. The number of aromatic nitrogens is 2. The fraction of sp³-hybridized carbons (Fsp3) is 0.231. The minimum atomic E-state index is -0.694. The maximum Gasteiger partial charge on any atom is 0.275 e. The monoisotopic (exact) mass is 279 g/mol. The highest BCUT2D eigenvalue weighted by Gasteiger charge is 2.17. The van der Waals surface area contributed by atoms with Crippen molar-refractivity contribution in [2.75, 3.05) is 6.54 Å². The second-order valence-corrected chi connectivity index (χ2v) is 4.34. The number of aliphatic hydroxyl groups is 1. The minimum Gasteiger partial charge on any atom is -0.504 e. The van der Waals surface area contributed by atoms with Crippen molar-refractivity contribution in [2.45, 2.75) is 13.0 Å². The van der Waals surface area contributed by atoms with Crippen molar-refractivity contribution in [2.24, 2.45) is 0 Å². The first kappa shape index (κ1) is 14.0. The maximum absolute atomic E-state index is 12.8. The second-order valence-electron chi connectivity index (χ2n) is 4.34. The highest BCUT2D eigenvalue weighted by Crippen LogP contribution is 2.18. The number of nitrogens with one attached hydrogen (secondary N) is 1. The number of benzene rings is 1. The molecular formula is C13H14FN3O3. The molecule has 0 bridgehead atoms. The molecule has 20 heavy (non-hydrogen) atoms. The second kappa shape index (κ2) is 5.70. The fourth-order valence-corrected chi connectivity index (χ4v) is 1.58. The first-order valence-electron chi connectivity index (χ1n) is 5.98. The molecule has 1 heterocycles. The van der Waals surface area contributed by atoms with Crippen LogP contribution in [0.3, 0.4) is 0 Å². The van der Waals surface area contributed by atoms with Crippen molar-refractivity contribution in [3.05, 3.63) is 42.0 Å². The van der Waals surface area contributed by atoms with Gasteiger partial charge in [0, 0.05) is 6.54 Å². The Balaban J connectivity index is 2.21. The highest BCUT2D eigenvalue weighted by molar-refractivity contribution is 5.94. The minimum absolute atomic E-state index is 0.0572. The van der Waals surface area contributed by atoms with Gasteiger partial charge < -0.3 is 15.5 Å². The summed E-state index contributed by atoms with van der Waals surface area (Å²) in [6.07, 6.45) is 0.560. The summed E-state index contributed by atoms with van der Waals surface area (Å²) in [7, 11) is 0. The fourth-order valence-electron chi connectivity index (χ4n) is 1.58. The van der Waals surface area contributed by atoms with Crippen molar-refractivity contribution in [3.63, 3.8) is 0 Å². The van der Waals surface area contributed by atoms with E-state index in [2.05, 4.69) is 10.4 Å². The van der Waals surface area contributed by atoms with Gasteiger partial charge in [-0.15, -0.1) is 0 Å². The van der Waals surface area contributed by atoms with E-state index in [4.69, 9.17) is 5.11 Å². The molecule has 1 aromatic heterocycles. The van der Waals surface area contributed by atoms with Crippen LogP contribution in [0, 0.1) is 5.82 Å². The van der Waals surface area contributed by atoms with Crippen molar-refractivity contribution in [1.29, 1.82) is 0 Å². The van der Waals surface area contributed by atoms with Crippen LogP contribution in [-0.4, -0.2) is 38.5 Å². The topological polar surface area (TPSA) is 87.4 Å². The largest absolute Gasteiger partial charge is 0.504 e. The van der Waals surface area contributed by atoms with Crippen LogP contribution in [0.2, 0.25) is 0 Å². The third kappa shape index (κ3) is 3.12. The van der Waals surface area contributed by atoms with E-state index in [1.165, 1.54) is 42.1 Å². The average Bonchev–Trinajstić information content (AvgIpc) is 2.79. The van der Waals surface area contributed by atoms with Gasteiger partial charge in [-0.3, -0.25) is 4.79 Å². The molecule has 1 aromatic carbocycles. The molecule has 0 saturated carbocycles. The zero-order valence-corrected chi connectivity index (χ0v) is 10.7. The number of amides is 1. The van der Waals surface area contributed by atoms with Gasteiger partial charge in [-0.25, -0.2) is 9.07 Å². The molecule has 0 fully saturated rings. The van der Waals surface area contributed by atoms with E-state index in [9.17, 15) is 14.3 Å². The van der Waals surface area contributed by atoms with Gasteiger partial charge in [0.05, 0.1) is 18.0 Å². The van der Waals surface area contributed by atoms with E-state index in [1.54, 1.807) is 0 Å². The molecular weight excluding hydrogens is 265 g/mol. The predicted molar refractivity (Wildman–Crippen MR) is 69.2 cm³/mol. The molecule has 0 aliphatic heterocycles. The number of nitrogens with zero attached hydrogens (tertiary/aromatic N) is 2. The van der Waals surface area contributed by atoms with Gasteiger partial charge in [0.2, 0.25) is 0 Å². The zero-order chi connectivity index (χ0) is 14.7. The van der Waals surface area contributed by atoms with Crippen LogP contribution in [0.1, 0.15) is 17.4 Å². The number of hydrogen-bond acceptors (Lipinski definition) is 4. The number of carbonyl (C=O) groups excluding carboxylic acids is 1. The van der Waals surface area contributed by atoms with Gasteiger partial charge in [0.15, 0.2) is 11.4 Å². The van der Waals surface area contributed by atoms with Crippen LogP contribution < -0.4 is 5.32 Å². The Hall–Kier alpha value is -2.41. The molecule has 7 heteroatoms. The molecule has 1 amide bonds. The summed E-state index contributed by atoms with van der Waals surface area (Å²) < 4.78 is 14.1. The van der Waals surface area contributed by atoms with E-state index >= 15 is 0 Å². The molecule has 1 atom stereocenters. The molecule has 0 spiro atoms. The standard InChI is InChI=1S/C13H14FN3O3/c1-8(18)6-15-13(20)12-11(19)7-17(16-12)10-4-2-9(14)3-5-10/h2-5,7-8,18-19H,6H2,1H3,(H,15,20). The number of aromatic hydroxyl groups is 1. The lowest BCUT2D eigenvalue weighted by molar-refractivity contribution is 0.0916. The summed E-state index contributed by atoms with van der Waals surface area (Å²) in [6, 6.07) is 5.45. The van der Waals surface area contributed by atoms with Crippen LogP contribution in [0.4, 0.5) is 4.39 Å². The molecule has 0 saturated heterocycles. The molecule has 106 valence electrons. The van der Waals surface area contributed by atoms with Crippen LogP contribution in [-0.2, 0) is 0 Å². The predicted octanol–water partition coefficient (Wildman–Crippen LogP) is 0.828. The number of carbonyl (C=O) groups is 1. The normalized spacial score (nSPS) is 12.2. The number of hydrogen-bond donors (Lipinski definition) is 3. The summed E-state index contributed by atoms with van der Waals surface area (Å²) >= 11 is 0. The lowest BCUT2D eigenvalue weighted by Crippen LogP contribution is -2.30. The first-order valence-corrected chi connectivity index (χ1v) is 5.98. The van der Waals surface area contributed by atoms with Crippen molar-refractivity contribution in [3.8, 4) is 11.4 Å². The summed E-state index contributed by atoms with van der Waals surface area (Å²) in [5.41, 5.74) is 0.353. The van der Waals surface area contributed by atoms with Crippen LogP contribution in [0.5, 0.6) is 5.75 Å². The van der Waals surface area contributed by atoms with E-state index in [0.717, 1.165) is 0 Å². The highest BCUT2D eigenvalue weighted by atomic mass is 19.1. The number of halogens is 1. The summed E-state index contributed by atoms with van der Waals surface area (Å²) in [5.74, 6) is -1.28. The molecule has 2 rings (SSSR count). The van der Waals surface area contributed by atoms with Crippen molar-refractivity contribution >= 4 is 5.91 Å². The average molecular weight is 279 g/mol. The van der Waals surface area contributed by atoms with Crippen LogP contribution in [0.15, 0.2) is 30.5 Å². The van der Waals surface area contributed by atoms with Crippen molar-refractivity contribution in [1.82, 2.24) is 15.1 Å². The summed E-state index contributed by atoms with van der Waals surface area (Å²) in [5, 5.41) is 25.2. The lowest BCUT2D eigenvalue weighted by Gasteiger charge is -2.05. The molecule has 0 radical (unpaired) electrons. The smallest absolute Gasteiger partial charge is 0.275 e. The Labute approximate surface area is 114 Å².